The van der Waals surface area contributed by atoms with E-state index in [1.54, 1.807) is 0 Å². The van der Waals surface area contributed by atoms with Crippen LogP contribution in [0.1, 0.15) is 45.1 Å². The largest absolute Gasteiger partial charge is 0.313 e. The van der Waals surface area contributed by atoms with Crippen LogP contribution in [-0.2, 0) is 6.42 Å². The number of rotatable bonds is 7. The summed E-state index contributed by atoms with van der Waals surface area (Å²) in [6.07, 6.45) is 6.54. The van der Waals surface area contributed by atoms with Crippen molar-refractivity contribution in [2.75, 3.05) is 6.54 Å². The molecule has 1 aliphatic carbocycles. The average Bonchev–Trinajstić information content (AvgIpc) is 3.12. The predicted octanol–water partition coefficient (Wildman–Crippen LogP) is 3.79. The van der Waals surface area contributed by atoms with Crippen LogP contribution >= 0.6 is 0 Å². The Morgan fingerprint density at radius 1 is 1.24 bits per heavy atom. The molecular weight excluding hydrogens is 206 g/mol. The Labute approximate surface area is 106 Å². The lowest BCUT2D eigenvalue weighted by atomic mass is 9.79. The van der Waals surface area contributed by atoms with Crippen molar-refractivity contribution in [1.29, 1.82) is 0 Å². The van der Waals surface area contributed by atoms with Crippen LogP contribution < -0.4 is 5.32 Å². The smallest absolute Gasteiger partial charge is 0.00684 e. The van der Waals surface area contributed by atoms with Gasteiger partial charge in [0, 0.05) is 12.6 Å². The van der Waals surface area contributed by atoms with Crippen molar-refractivity contribution in [1.82, 2.24) is 5.32 Å². The van der Waals surface area contributed by atoms with Gasteiger partial charge in [0.25, 0.3) is 0 Å². The summed E-state index contributed by atoms with van der Waals surface area (Å²) in [6.45, 7) is 5.89. The van der Waals surface area contributed by atoms with Gasteiger partial charge in [-0.2, -0.15) is 0 Å². The van der Waals surface area contributed by atoms with Crippen LogP contribution in [0, 0.1) is 5.41 Å². The van der Waals surface area contributed by atoms with Gasteiger partial charge in [-0.1, -0.05) is 50.6 Å². The van der Waals surface area contributed by atoms with E-state index in [4.69, 9.17) is 0 Å². The predicted molar refractivity (Wildman–Crippen MR) is 74.2 cm³/mol. The van der Waals surface area contributed by atoms with E-state index in [1.807, 2.05) is 0 Å². The van der Waals surface area contributed by atoms with Gasteiger partial charge in [0.2, 0.25) is 0 Å². The summed E-state index contributed by atoms with van der Waals surface area (Å²) >= 11 is 0. The zero-order valence-corrected chi connectivity index (χ0v) is 11.2. The molecular formula is C16H25N. The summed E-state index contributed by atoms with van der Waals surface area (Å²) in [6, 6.07) is 11.7. The molecule has 1 N–H and O–H groups in total. The zero-order valence-electron chi connectivity index (χ0n) is 11.2. The molecule has 0 bridgehead atoms. The summed E-state index contributed by atoms with van der Waals surface area (Å²) in [5.41, 5.74) is 1.89. The first-order valence-corrected chi connectivity index (χ1v) is 6.99. The van der Waals surface area contributed by atoms with Gasteiger partial charge in [-0.15, -0.1) is 0 Å². The monoisotopic (exact) mass is 231 g/mol. The molecule has 1 aliphatic rings. The van der Waals surface area contributed by atoms with Crippen LogP contribution in [0.3, 0.4) is 0 Å². The lowest BCUT2D eigenvalue weighted by molar-refractivity contribution is 0.274. The summed E-state index contributed by atoms with van der Waals surface area (Å²) in [5, 5.41) is 3.70. The number of hydrogen-bond acceptors (Lipinski definition) is 1. The van der Waals surface area contributed by atoms with Gasteiger partial charge in [-0.05, 0) is 36.7 Å². The fourth-order valence-corrected chi connectivity index (χ4v) is 2.61. The maximum atomic E-state index is 3.70. The standard InChI is InChI=1S/C16H25N/c1-3-11-16(2,13-17-15-9-10-15)12-14-7-5-4-6-8-14/h4-8,15,17H,3,9-13H2,1-2H3. The van der Waals surface area contributed by atoms with Crippen molar-refractivity contribution in [2.45, 2.75) is 52.0 Å². The van der Waals surface area contributed by atoms with E-state index >= 15 is 0 Å². The summed E-state index contributed by atoms with van der Waals surface area (Å²) in [7, 11) is 0. The molecule has 1 atom stereocenters. The molecule has 17 heavy (non-hydrogen) atoms. The summed E-state index contributed by atoms with van der Waals surface area (Å²) < 4.78 is 0. The van der Waals surface area contributed by atoms with Crippen molar-refractivity contribution in [3.05, 3.63) is 35.9 Å². The van der Waals surface area contributed by atoms with E-state index in [0.717, 1.165) is 6.04 Å². The number of benzene rings is 1. The fraction of sp³-hybridized carbons (Fsp3) is 0.625. The summed E-state index contributed by atoms with van der Waals surface area (Å²) in [5.74, 6) is 0. The Kier molecular flexibility index (Phi) is 4.22. The second-order valence-corrected chi connectivity index (χ2v) is 5.88. The maximum absolute atomic E-state index is 3.70. The van der Waals surface area contributed by atoms with E-state index in [1.165, 1.54) is 44.2 Å². The maximum Gasteiger partial charge on any atom is 0.00684 e. The number of nitrogens with one attached hydrogen (secondary N) is 1. The second kappa shape index (κ2) is 5.68. The van der Waals surface area contributed by atoms with Crippen molar-refractivity contribution in [3.63, 3.8) is 0 Å². The molecule has 0 spiro atoms. The van der Waals surface area contributed by atoms with Gasteiger partial charge >= 0.3 is 0 Å². The Morgan fingerprint density at radius 3 is 2.53 bits per heavy atom. The first kappa shape index (κ1) is 12.6. The third-order valence-corrected chi connectivity index (χ3v) is 3.72. The normalized spacial score (nSPS) is 18.9. The highest BCUT2D eigenvalue weighted by Crippen LogP contribution is 2.29. The minimum atomic E-state index is 0.415. The Bertz CT molecular complexity index is 329. The zero-order chi connectivity index (χ0) is 12.1. The van der Waals surface area contributed by atoms with Crippen LogP contribution in [0.4, 0.5) is 0 Å². The molecule has 0 aliphatic heterocycles. The molecule has 1 nitrogen and oxygen atoms in total. The third-order valence-electron chi connectivity index (χ3n) is 3.72. The molecule has 0 aromatic heterocycles. The average molecular weight is 231 g/mol. The Hall–Kier alpha value is -0.820. The van der Waals surface area contributed by atoms with Crippen LogP contribution in [0.25, 0.3) is 0 Å². The SMILES string of the molecule is CCCC(C)(CNC1CC1)Cc1ccccc1. The summed E-state index contributed by atoms with van der Waals surface area (Å²) in [4.78, 5) is 0. The molecule has 0 saturated heterocycles. The first-order chi connectivity index (χ1) is 8.22. The van der Waals surface area contributed by atoms with Gasteiger partial charge in [0.1, 0.15) is 0 Å². The van der Waals surface area contributed by atoms with Crippen LogP contribution in [0.15, 0.2) is 30.3 Å². The fourth-order valence-electron chi connectivity index (χ4n) is 2.61. The van der Waals surface area contributed by atoms with Gasteiger partial charge in [0.15, 0.2) is 0 Å². The molecule has 1 heteroatoms. The van der Waals surface area contributed by atoms with Crippen molar-refractivity contribution >= 4 is 0 Å². The van der Waals surface area contributed by atoms with Gasteiger partial charge < -0.3 is 5.32 Å². The van der Waals surface area contributed by atoms with Crippen molar-refractivity contribution in [3.8, 4) is 0 Å². The third kappa shape index (κ3) is 4.16. The van der Waals surface area contributed by atoms with Crippen LogP contribution in [-0.4, -0.2) is 12.6 Å². The first-order valence-electron chi connectivity index (χ1n) is 6.99. The molecule has 0 heterocycles. The topological polar surface area (TPSA) is 12.0 Å². The van der Waals surface area contributed by atoms with E-state index in [2.05, 4.69) is 49.5 Å². The lowest BCUT2D eigenvalue weighted by Gasteiger charge is -2.30. The van der Waals surface area contributed by atoms with E-state index < -0.39 is 0 Å². The molecule has 0 amide bonds. The van der Waals surface area contributed by atoms with Gasteiger partial charge in [-0.25, -0.2) is 0 Å². The molecule has 1 saturated carbocycles. The molecule has 1 aromatic rings. The lowest BCUT2D eigenvalue weighted by Crippen LogP contribution is -2.34. The Balaban J connectivity index is 1.93. The number of hydrogen-bond donors (Lipinski definition) is 1. The Morgan fingerprint density at radius 2 is 1.94 bits per heavy atom. The van der Waals surface area contributed by atoms with E-state index in [0.29, 0.717) is 5.41 Å². The van der Waals surface area contributed by atoms with E-state index in [-0.39, 0.29) is 0 Å². The molecule has 0 radical (unpaired) electrons. The van der Waals surface area contributed by atoms with Crippen molar-refractivity contribution < 1.29 is 0 Å². The van der Waals surface area contributed by atoms with Crippen molar-refractivity contribution in [2.24, 2.45) is 5.41 Å². The molecule has 94 valence electrons. The highest BCUT2D eigenvalue weighted by Gasteiger charge is 2.28. The molecule has 2 rings (SSSR count). The van der Waals surface area contributed by atoms with Gasteiger partial charge in [-0.3, -0.25) is 0 Å². The second-order valence-electron chi connectivity index (χ2n) is 5.88. The quantitative estimate of drug-likeness (QED) is 0.753. The minimum absolute atomic E-state index is 0.415. The minimum Gasteiger partial charge on any atom is -0.313 e. The van der Waals surface area contributed by atoms with E-state index in [9.17, 15) is 0 Å². The molecule has 1 unspecified atom stereocenters. The molecule has 1 aromatic carbocycles. The molecule has 1 fully saturated rings. The highest BCUT2D eigenvalue weighted by molar-refractivity contribution is 5.16. The van der Waals surface area contributed by atoms with Gasteiger partial charge in [0.05, 0.1) is 0 Å². The van der Waals surface area contributed by atoms with Crippen LogP contribution in [0.2, 0.25) is 0 Å². The highest BCUT2D eigenvalue weighted by atomic mass is 15.0. The van der Waals surface area contributed by atoms with Crippen LogP contribution in [0.5, 0.6) is 0 Å².